The summed E-state index contributed by atoms with van der Waals surface area (Å²) in [4.78, 5) is 26.4. The minimum atomic E-state index is -0.357. The van der Waals surface area contributed by atoms with Gasteiger partial charge in [-0.3, -0.25) is 9.59 Å². The summed E-state index contributed by atoms with van der Waals surface area (Å²) in [5.41, 5.74) is 2.20. The van der Waals surface area contributed by atoms with Crippen LogP contribution < -0.4 is 28.4 Å². The molecule has 0 saturated heterocycles. The highest BCUT2D eigenvalue weighted by molar-refractivity contribution is 6.22. The summed E-state index contributed by atoms with van der Waals surface area (Å²) in [6.45, 7) is 0.136. The molecule has 0 fully saturated rings. The Bertz CT molecular complexity index is 1280. The van der Waals surface area contributed by atoms with Gasteiger partial charge in [-0.1, -0.05) is 18.2 Å². The van der Waals surface area contributed by atoms with Crippen molar-refractivity contribution in [2.45, 2.75) is 6.42 Å². The first-order chi connectivity index (χ1) is 17.5. The van der Waals surface area contributed by atoms with Gasteiger partial charge in [-0.2, -0.15) is 0 Å². The molecule has 0 aromatic heterocycles. The van der Waals surface area contributed by atoms with Gasteiger partial charge in [0.25, 0.3) is 0 Å². The second-order valence-corrected chi connectivity index (χ2v) is 7.85. The van der Waals surface area contributed by atoms with Crippen LogP contribution in [0.1, 0.15) is 21.5 Å². The number of methoxy groups -OCH3 is 4. The van der Waals surface area contributed by atoms with Crippen LogP contribution in [-0.2, 0) is 11.2 Å². The molecule has 0 amide bonds. The maximum Gasteiger partial charge on any atom is 0.231 e. The van der Waals surface area contributed by atoms with Crippen molar-refractivity contribution in [3.05, 3.63) is 76.9 Å². The van der Waals surface area contributed by atoms with Crippen molar-refractivity contribution in [3.63, 3.8) is 0 Å². The standard InChI is InChI=1S/C28H26O8/c1-31-20-8-6-18(7-9-20)22(15-29)21(11-17-5-10-23-24(12-17)36-16-35-23)27(30)19-13-25(32-2)28(34-4)26(14-19)33-3/h5-10,12-15H,11,16H2,1-4H3/b22-21-. The Hall–Kier alpha value is -4.46. The molecule has 1 aliphatic rings. The van der Waals surface area contributed by atoms with Crippen LogP contribution >= 0.6 is 0 Å². The molecule has 8 nitrogen and oxygen atoms in total. The average molecular weight is 491 g/mol. The molecule has 1 heterocycles. The molecule has 3 aromatic rings. The summed E-state index contributed by atoms with van der Waals surface area (Å²) in [5, 5.41) is 0. The number of carbonyl (C=O) groups excluding carboxylic acids is 2. The fraction of sp³-hybridized carbons (Fsp3) is 0.214. The normalized spacial score (nSPS) is 12.4. The molecule has 0 aliphatic carbocycles. The van der Waals surface area contributed by atoms with Gasteiger partial charge in [0.15, 0.2) is 35.1 Å². The first-order valence-corrected chi connectivity index (χ1v) is 11.1. The van der Waals surface area contributed by atoms with Crippen molar-refractivity contribution in [1.82, 2.24) is 0 Å². The highest BCUT2D eigenvalue weighted by Gasteiger charge is 2.24. The van der Waals surface area contributed by atoms with E-state index in [4.69, 9.17) is 28.4 Å². The van der Waals surface area contributed by atoms with Crippen molar-refractivity contribution in [1.29, 1.82) is 0 Å². The van der Waals surface area contributed by atoms with Gasteiger partial charge in [0, 0.05) is 23.1 Å². The van der Waals surface area contributed by atoms with Gasteiger partial charge < -0.3 is 28.4 Å². The minimum absolute atomic E-state index is 0.136. The molecular formula is C28H26O8. The minimum Gasteiger partial charge on any atom is -0.497 e. The molecule has 0 atom stereocenters. The van der Waals surface area contributed by atoms with Crippen molar-refractivity contribution < 1.29 is 38.0 Å². The van der Waals surface area contributed by atoms with Crippen molar-refractivity contribution in [3.8, 4) is 34.5 Å². The zero-order valence-electron chi connectivity index (χ0n) is 20.5. The van der Waals surface area contributed by atoms with Crippen LogP contribution in [0.25, 0.3) is 5.57 Å². The zero-order chi connectivity index (χ0) is 25.7. The number of ketones is 1. The molecule has 0 radical (unpaired) electrons. The van der Waals surface area contributed by atoms with Gasteiger partial charge in [-0.25, -0.2) is 0 Å². The molecule has 0 N–H and O–H groups in total. The van der Waals surface area contributed by atoms with E-state index in [1.807, 2.05) is 6.07 Å². The number of Topliss-reactive ketones (excluding diaryl/α,β-unsaturated/α-hetero) is 1. The van der Waals surface area contributed by atoms with E-state index in [0.717, 1.165) is 5.56 Å². The topological polar surface area (TPSA) is 89.5 Å². The van der Waals surface area contributed by atoms with Gasteiger partial charge in [-0.15, -0.1) is 0 Å². The van der Waals surface area contributed by atoms with E-state index in [0.29, 0.717) is 51.9 Å². The van der Waals surface area contributed by atoms with Crippen LogP contribution in [0.2, 0.25) is 0 Å². The average Bonchev–Trinajstić information content (AvgIpc) is 3.40. The molecule has 4 rings (SSSR count). The van der Waals surface area contributed by atoms with E-state index in [1.54, 1.807) is 55.6 Å². The Balaban J connectivity index is 1.86. The molecule has 0 saturated carbocycles. The van der Waals surface area contributed by atoms with E-state index in [2.05, 4.69) is 0 Å². The largest absolute Gasteiger partial charge is 0.497 e. The second-order valence-electron chi connectivity index (χ2n) is 7.85. The van der Waals surface area contributed by atoms with E-state index in [9.17, 15) is 9.59 Å². The number of fused-ring (bicyclic) bond motifs is 1. The highest BCUT2D eigenvalue weighted by Crippen LogP contribution is 2.40. The number of aldehydes is 1. The lowest BCUT2D eigenvalue weighted by molar-refractivity contribution is -0.103. The second kappa shape index (κ2) is 10.9. The lowest BCUT2D eigenvalue weighted by atomic mass is 9.89. The van der Waals surface area contributed by atoms with Crippen LogP contribution in [0.4, 0.5) is 0 Å². The number of rotatable bonds is 10. The van der Waals surface area contributed by atoms with Crippen molar-refractivity contribution >= 4 is 17.6 Å². The molecular weight excluding hydrogens is 464 g/mol. The Morgan fingerprint density at radius 3 is 2.06 bits per heavy atom. The van der Waals surface area contributed by atoms with Gasteiger partial charge in [-0.05, 0) is 47.5 Å². The molecule has 3 aromatic carbocycles. The maximum absolute atomic E-state index is 14.0. The fourth-order valence-corrected chi connectivity index (χ4v) is 4.02. The molecule has 0 spiro atoms. The fourth-order valence-electron chi connectivity index (χ4n) is 4.02. The first-order valence-electron chi connectivity index (χ1n) is 11.1. The first kappa shape index (κ1) is 24.7. The van der Waals surface area contributed by atoms with E-state index in [-0.39, 0.29) is 30.1 Å². The van der Waals surface area contributed by atoms with Crippen molar-refractivity contribution in [2.75, 3.05) is 35.2 Å². The number of hydrogen-bond donors (Lipinski definition) is 0. The molecule has 36 heavy (non-hydrogen) atoms. The summed E-state index contributed by atoms with van der Waals surface area (Å²) in [5.74, 6) is 2.53. The van der Waals surface area contributed by atoms with Crippen LogP contribution in [0.5, 0.6) is 34.5 Å². The molecule has 186 valence electrons. The van der Waals surface area contributed by atoms with Gasteiger partial charge in [0.1, 0.15) is 5.75 Å². The van der Waals surface area contributed by atoms with Gasteiger partial charge in [0.05, 0.1) is 28.4 Å². The lowest BCUT2D eigenvalue weighted by Gasteiger charge is -2.16. The van der Waals surface area contributed by atoms with E-state index >= 15 is 0 Å². The Morgan fingerprint density at radius 1 is 0.806 bits per heavy atom. The SMILES string of the molecule is COc1ccc(/C(C=O)=C(/Cc2ccc3c(c2)OCO3)C(=O)c2cc(OC)c(OC)c(OC)c2)cc1. The van der Waals surface area contributed by atoms with Crippen molar-refractivity contribution in [2.24, 2.45) is 0 Å². The van der Waals surface area contributed by atoms with Crippen LogP contribution in [0.3, 0.4) is 0 Å². The zero-order valence-corrected chi connectivity index (χ0v) is 20.5. The van der Waals surface area contributed by atoms with Crippen LogP contribution in [-0.4, -0.2) is 47.3 Å². The molecule has 1 aliphatic heterocycles. The molecule has 0 unspecified atom stereocenters. The summed E-state index contributed by atoms with van der Waals surface area (Å²) >= 11 is 0. The van der Waals surface area contributed by atoms with Gasteiger partial charge >= 0.3 is 0 Å². The molecule has 0 bridgehead atoms. The number of hydrogen-bond acceptors (Lipinski definition) is 8. The predicted octanol–water partition coefficient (Wildman–Crippen LogP) is 4.53. The van der Waals surface area contributed by atoms with Crippen LogP contribution in [0, 0.1) is 0 Å². The summed E-state index contributed by atoms with van der Waals surface area (Å²) in [7, 11) is 6.00. The third kappa shape index (κ3) is 4.84. The number of allylic oxidation sites excluding steroid dienone is 2. The summed E-state index contributed by atoms with van der Waals surface area (Å²) in [6.07, 6.45) is 0.867. The molecule has 8 heteroatoms. The number of carbonyl (C=O) groups is 2. The van der Waals surface area contributed by atoms with Gasteiger partial charge in [0.2, 0.25) is 12.5 Å². The number of benzene rings is 3. The predicted molar refractivity (Wildman–Crippen MR) is 133 cm³/mol. The lowest BCUT2D eigenvalue weighted by Crippen LogP contribution is -2.11. The third-order valence-corrected chi connectivity index (χ3v) is 5.86. The Kier molecular flexibility index (Phi) is 7.44. The number of ether oxygens (including phenoxy) is 6. The Morgan fingerprint density at radius 2 is 1.47 bits per heavy atom. The maximum atomic E-state index is 14.0. The van der Waals surface area contributed by atoms with E-state index < -0.39 is 0 Å². The Labute approximate surface area is 209 Å². The summed E-state index contributed by atoms with van der Waals surface area (Å²) in [6, 6.07) is 15.5. The van der Waals surface area contributed by atoms with E-state index in [1.165, 1.54) is 21.3 Å². The third-order valence-electron chi connectivity index (χ3n) is 5.86. The summed E-state index contributed by atoms with van der Waals surface area (Å²) < 4.78 is 32.4. The highest BCUT2D eigenvalue weighted by atomic mass is 16.7. The quantitative estimate of drug-likeness (QED) is 0.233. The monoisotopic (exact) mass is 490 g/mol. The smallest absolute Gasteiger partial charge is 0.231 e. The van der Waals surface area contributed by atoms with Crippen LogP contribution in [0.15, 0.2) is 60.2 Å².